The molecule has 1 aromatic carbocycles. The monoisotopic (exact) mass is 298 g/mol. The number of ether oxygens (including phenoxy) is 1. The summed E-state index contributed by atoms with van der Waals surface area (Å²) in [5, 5.41) is 8.69. The zero-order valence-corrected chi connectivity index (χ0v) is 12.1. The van der Waals surface area contributed by atoms with E-state index in [1.165, 1.54) is 5.56 Å². The van der Waals surface area contributed by atoms with Crippen LogP contribution in [-0.4, -0.2) is 31.5 Å². The number of unbranched alkanes of at least 4 members (excludes halogenated alkanes) is 2. The van der Waals surface area contributed by atoms with E-state index in [0.717, 1.165) is 25.0 Å². The van der Waals surface area contributed by atoms with Gasteiger partial charge in [0, 0.05) is 0 Å². The second-order valence-electron chi connectivity index (χ2n) is 4.37. The molecule has 0 aliphatic rings. The van der Waals surface area contributed by atoms with Crippen molar-refractivity contribution in [3.63, 3.8) is 0 Å². The highest BCUT2D eigenvalue weighted by Crippen LogP contribution is 2.14. The molecule has 0 aliphatic carbocycles. The van der Waals surface area contributed by atoms with Crippen LogP contribution >= 0.6 is 0 Å². The minimum absolute atomic E-state index is 0.0913. The van der Waals surface area contributed by atoms with Gasteiger partial charge in [-0.15, -0.1) is 0 Å². The fourth-order valence-corrected chi connectivity index (χ4v) is 2.30. The third kappa shape index (κ3) is 5.44. The Hall–Kier alpha value is -1.82. The van der Waals surface area contributed by atoms with E-state index in [9.17, 15) is 13.2 Å². The van der Waals surface area contributed by atoms with Crippen LogP contribution in [0.25, 0.3) is 0 Å². The summed E-state index contributed by atoms with van der Waals surface area (Å²) in [6, 6.07) is 7.76. The summed E-state index contributed by atoms with van der Waals surface area (Å²) < 4.78 is 26.4. The molecule has 20 heavy (non-hydrogen) atoms. The molecule has 0 bridgehead atoms. The highest BCUT2D eigenvalue weighted by Gasteiger charge is 2.10. The van der Waals surface area contributed by atoms with Gasteiger partial charge in [-0.25, -0.2) is 4.79 Å². The normalized spacial score (nSPS) is 10.1. The van der Waals surface area contributed by atoms with Gasteiger partial charge in [0.2, 0.25) is 10.3 Å². The smallest absolute Gasteiger partial charge is 0.347 e. The first-order valence-corrected chi connectivity index (χ1v) is 7.43. The molecule has 1 rings (SSSR count). The lowest BCUT2D eigenvalue weighted by molar-refractivity contribution is -0.129. The van der Waals surface area contributed by atoms with E-state index < -0.39 is 21.1 Å². The number of carboxylic acids is 1. The fourth-order valence-electron chi connectivity index (χ4n) is 1.85. The van der Waals surface area contributed by atoms with Crippen LogP contribution in [0.3, 0.4) is 0 Å². The summed E-state index contributed by atoms with van der Waals surface area (Å²) in [6.45, 7) is 0. The van der Waals surface area contributed by atoms with E-state index in [1.54, 1.807) is 7.11 Å². The van der Waals surface area contributed by atoms with Crippen molar-refractivity contribution in [3.8, 4) is 5.75 Å². The quantitative estimate of drug-likeness (QED) is 0.586. The van der Waals surface area contributed by atoms with Crippen LogP contribution in [0.4, 0.5) is 0 Å². The molecule has 1 N–H and O–H groups in total. The van der Waals surface area contributed by atoms with Gasteiger partial charge in [0.15, 0.2) is 4.86 Å². The average Bonchev–Trinajstić information content (AvgIpc) is 2.42. The highest BCUT2D eigenvalue weighted by atomic mass is 32.2. The first-order valence-electron chi connectivity index (χ1n) is 6.36. The third-order valence-corrected chi connectivity index (χ3v) is 3.75. The van der Waals surface area contributed by atoms with E-state index in [0.29, 0.717) is 6.42 Å². The number of carbonyl (C=O) groups is 1. The zero-order valence-electron chi connectivity index (χ0n) is 11.3. The molecule has 0 saturated carbocycles. The Morgan fingerprint density at radius 3 is 2.30 bits per heavy atom. The SMILES string of the molecule is COc1ccc(CCCCCC(C(=O)O)=S(=O)=O)cc1. The van der Waals surface area contributed by atoms with Crippen molar-refractivity contribution >= 4 is 21.1 Å². The number of carboxylic acid groups (broad SMARTS) is 1. The van der Waals surface area contributed by atoms with Gasteiger partial charge in [-0.3, -0.25) is 0 Å². The maximum Gasteiger partial charge on any atom is 0.347 e. The molecule has 0 fully saturated rings. The molecule has 5 nitrogen and oxygen atoms in total. The van der Waals surface area contributed by atoms with Crippen LogP contribution in [-0.2, 0) is 21.5 Å². The molecular weight excluding hydrogens is 280 g/mol. The molecule has 0 aromatic heterocycles. The molecule has 0 unspecified atom stereocenters. The predicted molar refractivity (Wildman–Crippen MR) is 76.7 cm³/mol. The van der Waals surface area contributed by atoms with E-state index in [2.05, 4.69) is 0 Å². The second kappa shape index (κ2) is 8.37. The number of hydrogen-bond acceptors (Lipinski definition) is 4. The van der Waals surface area contributed by atoms with Gasteiger partial charge in [-0.2, -0.15) is 8.42 Å². The van der Waals surface area contributed by atoms with Crippen molar-refractivity contribution < 1.29 is 23.1 Å². The first kappa shape index (κ1) is 16.2. The van der Waals surface area contributed by atoms with Gasteiger partial charge >= 0.3 is 5.97 Å². The number of aliphatic carboxylic acids is 1. The summed E-state index contributed by atoms with van der Waals surface area (Å²) in [7, 11) is -1.01. The Morgan fingerprint density at radius 1 is 1.15 bits per heavy atom. The van der Waals surface area contributed by atoms with Crippen LogP contribution < -0.4 is 4.74 Å². The Bertz CT molecular complexity index is 564. The minimum atomic E-state index is -2.63. The molecule has 1 aromatic rings. The van der Waals surface area contributed by atoms with E-state index in [-0.39, 0.29) is 6.42 Å². The van der Waals surface area contributed by atoms with Gasteiger partial charge in [0.25, 0.3) is 0 Å². The third-order valence-electron chi connectivity index (χ3n) is 2.97. The van der Waals surface area contributed by atoms with Crippen LogP contribution in [0, 0.1) is 0 Å². The summed E-state index contributed by atoms with van der Waals surface area (Å²) >= 11 is 0. The summed E-state index contributed by atoms with van der Waals surface area (Å²) in [5.74, 6) is -0.541. The Balaban J connectivity index is 2.31. The van der Waals surface area contributed by atoms with E-state index in [4.69, 9.17) is 9.84 Å². The summed E-state index contributed by atoms with van der Waals surface area (Å²) in [5.41, 5.74) is 1.18. The molecule has 0 heterocycles. The van der Waals surface area contributed by atoms with Gasteiger partial charge in [0.05, 0.1) is 7.11 Å². The second-order valence-corrected chi connectivity index (χ2v) is 5.33. The molecular formula is C14H18O5S. The Morgan fingerprint density at radius 2 is 1.80 bits per heavy atom. The number of hydrogen-bond donors (Lipinski definition) is 1. The average molecular weight is 298 g/mol. The van der Waals surface area contributed by atoms with Crippen molar-refractivity contribution in [2.75, 3.05) is 7.11 Å². The topological polar surface area (TPSA) is 80.7 Å². The number of rotatable bonds is 8. The molecule has 110 valence electrons. The van der Waals surface area contributed by atoms with Crippen molar-refractivity contribution in [1.29, 1.82) is 0 Å². The largest absolute Gasteiger partial charge is 0.497 e. The van der Waals surface area contributed by atoms with Crippen LogP contribution in [0.1, 0.15) is 31.2 Å². The molecule has 0 saturated heterocycles. The fraction of sp³-hybridized carbons (Fsp3) is 0.429. The number of aryl methyl sites for hydroxylation is 1. The maximum absolute atomic E-state index is 10.7. The van der Waals surface area contributed by atoms with Crippen molar-refractivity contribution in [2.24, 2.45) is 0 Å². The molecule has 6 heteroatoms. The maximum atomic E-state index is 10.7. The van der Waals surface area contributed by atoms with Crippen LogP contribution in [0.15, 0.2) is 24.3 Å². The lowest BCUT2D eigenvalue weighted by Crippen LogP contribution is -2.13. The number of benzene rings is 1. The standard InChI is InChI=1S/C14H18O5S/c1-19-12-9-7-11(8-10-12)5-3-2-4-6-13(14(15)16)20(17)18/h7-10H,2-6H2,1H3,(H,15,16). The van der Waals surface area contributed by atoms with Gasteiger partial charge < -0.3 is 9.84 Å². The predicted octanol–water partition coefficient (Wildman–Crippen LogP) is 1.93. The summed E-state index contributed by atoms with van der Waals surface area (Å²) in [6.07, 6.45) is 3.22. The highest BCUT2D eigenvalue weighted by molar-refractivity contribution is 7.74. The van der Waals surface area contributed by atoms with Gasteiger partial charge in [0.1, 0.15) is 5.75 Å². The van der Waals surface area contributed by atoms with Crippen molar-refractivity contribution in [1.82, 2.24) is 0 Å². The van der Waals surface area contributed by atoms with E-state index in [1.807, 2.05) is 24.3 Å². The van der Waals surface area contributed by atoms with Crippen LogP contribution in [0.2, 0.25) is 0 Å². The molecule has 0 atom stereocenters. The molecule has 0 amide bonds. The lowest BCUT2D eigenvalue weighted by Gasteiger charge is -2.03. The molecule has 0 aliphatic heterocycles. The van der Waals surface area contributed by atoms with Crippen molar-refractivity contribution in [2.45, 2.75) is 32.1 Å². The summed E-state index contributed by atoms with van der Waals surface area (Å²) in [4.78, 5) is 10.2. The van der Waals surface area contributed by atoms with Gasteiger partial charge in [-0.05, 0) is 43.4 Å². The van der Waals surface area contributed by atoms with Crippen molar-refractivity contribution in [3.05, 3.63) is 29.8 Å². The lowest BCUT2D eigenvalue weighted by atomic mass is 10.1. The van der Waals surface area contributed by atoms with E-state index >= 15 is 0 Å². The molecule has 0 radical (unpaired) electrons. The van der Waals surface area contributed by atoms with Crippen LogP contribution in [0.5, 0.6) is 5.75 Å². The Labute approximate surface area is 119 Å². The minimum Gasteiger partial charge on any atom is -0.497 e. The molecule has 0 spiro atoms. The zero-order chi connectivity index (χ0) is 15.0. The first-order chi connectivity index (χ1) is 9.54. The van der Waals surface area contributed by atoms with Gasteiger partial charge in [-0.1, -0.05) is 18.6 Å². The Kier molecular flexibility index (Phi) is 6.79. The number of methoxy groups -OCH3 is 1.